The van der Waals surface area contributed by atoms with Crippen molar-refractivity contribution in [1.82, 2.24) is 0 Å². The Morgan fingerprint density at radius 2 is 1.31 bits per heavy atom. The number of ether oxygens (including phenoxy) is 3. The van der Waals surface area contributed by atoms with E-state index < -0.39 is 5.97 Å². The summed E-state index contributed by atoms with van der Waals surface area (Å²) >= 11 is 0. The van der Waals surface area contributed by atoms with Gasteiger partial charge in [-0.25, -0.2) is 19.2 Å². The van der Waals surface area contributed by atoms with Crippen LogP contribution in [0.4, 0.5) is 0 Å². The zero-order valence-corrected chi connectivity index (χ0v) is 18.1. The van der Waals surface area contributed by atoms with Crippen molar-refractivity contribution in [3.63, 3.8) is 0 Å². The van der Waals surface area contributed by atoms with Crippen LogP contribution >= 0.6 is 0 Å². The molecule has 0 atom stereocenters. The third kappa shape index (κ3) is 36.5. The molecule has 0 spiro atoms. The first-order chi connectivity index (χ1) is 13.4. The molecule has 0 saturated carbocycles. The van der Waals surface area contributed by atoms with Crippen LogP contribution in [0.5, 0.6) is 0 Å². The maximum atomic E-state index is 10.3. The van der Waals surface area contributed by atoms with Gasteiger partial charge < -0.3 is 19.3 Å². The molecule has 0 fully saturated rings. The van der Waals surface area contributed by atoms with E-state index in [1.165, 1.54) is 20.1 Å². The van der Waals surface area contributed by atoms with Gasteiger partial charge >= 0.3 is 23.9 Å². The highest BCUT2D eigenvalue weighted by molar-refractivity contribution is 5.86. The molecule has 0 bridgehead atoms. The lowest BCUT2D eigenvalue weighted by Crippen LogP contribution is -2.00. The number of hydrogen-bond acceptors (Lipinski definition) is 7. The van der Waals surface area contributed by atoms with Crippen molar-refractivity contribution in [2.24, 2.45) is 0 Å². The number of carboxylic acid groups (broad SMARTS) is 1. The third-order valence-corrected chi connectivity index (χ3v) is 2.26. The first-order valence-corrected chi connectivity index (χ1v) is 8.65. The Morgan fingerprint density at radius 1 is 0.897 bits per heavy atom. The van der Waals surface area contributed by atoms with E-state index in [2.05, 4.69) is 40.5 Å². The van der Waals surface area contributed by atoms with E-state index in [9.17, 15) is 19.2 Å². The van der Waals surface area contributed by atoms with Crippen molar-refractivity contribution < 1.29 is 38.5 Å². The fourth-order valence-electron chi connectivity index (χ4n) is 0.751. The van der Waals surface area contributed by atoms with Crippen LogP contribution in [-0.2, 0) is 33.4 Å². The monoisotopic (exact) mass is 414 g/mol. The van der Waals surface area contributed by atoms with Crippen molar-refractivity contribution in [2.75, 3.05) is 20.3 Å². The second-order valence-corrected chi connectivity index (χ2v) is 5.04. The lowest BCUT2D eigenvalue weighted by molar-refractivity contribution is -0.138. The van der Waals surface area contributed by atoms with Gasteiger partial charge in [-0.15, -0.1) is 0 Å². The third-order valence-electron chi connectivity index (χ3n) is 2.26. The van der Waals surface area contributed by atoms with E-state index in [1.54, 1.807) is 13.8 Å². The summed E-state index contributed by atoms with van der Waals surface area (Å²) in [4.78, 5) is 40.2. The quantitative estimate of drug-likeness (QED) is 0.277. The highest BCUT2D eigenvalue weighted by Crippen LogP contribution is 1.88. The predicted octanol–water partition coefficient (Wildman–Crippen LogP) is 3.63. The number of aliphatic carboxylic acids is 1. The number of rotatable bonds is 8. The summed E-state index contributed by atoms with van der Waals surface area (Å²) in [6, 6.07) is 0. The molecule has 0 rings (SSSR count). The van der Waals surface area contributed by atoms with Gasteiger partial charge in [-0.3, -0.25) is 0 Å². The molecule has 29 heavy (non-hydrogen) atoms. The summed E-state index contributed by atoms with van der Waals surface area (Å²) in [5, 5.41) is 7.89. The van der Waals surface area contributed by atoms with Crippen LogP contribution < -0.4 is 0 Å². The van der Waals surface area contributed by atoms with Gasteiger partial charge in [0.25, 0.3) is 0 Å². The fraction of sp³-hybridized carbons (Fsp3) is 0.429. The summed E-state index contributed by atoms with van der Waals surface area (Å²) in [6.45, 7) is 20.8. The highest BCUT2D eigenvalue weighted by atomic mass is 16.5. The van der Waals surface area contributed by atoms with Crippen molar-refractivity contribution in [3.05, 3.63) is 49.6 Å². The Balaban J connectivity index is -0.000000145. The Labute approximate surface area is 173 Å². The molecule has 0 aliphatic carbocycles. The summed E-state index contributed by atoms with van der Waals surface area (Å²) in [5.41, 5.74) is 0.609. The lowest BCUT2D eigenvalue weighted by atomic mass is 10.4. The van der Waals surface area contributed by atoms with Crippen molar-refractivity contribution in [1.29, 1.82) is 0 Å². The Hall–Kier alpha value is -3.16. The molecule has 166 valence electrons. The van der Waals surface area contributed by atoms with Gasteiger partial charge in [-0.2, -0.15) is 0 Å². The molecule has 0 radical (unpaired) electrons. The number of carbonyl (C=O) groups excluding carboxylic acids is 3. The van der Waals surface area contributed by atoms with E-state index in [4.69, 9.17) is 5.11 Å². The smallest absolute Gasteiger partial charge is 0.332 e. The number of carboxylic acids is 1. The predicted molar refractivity (Wildman–Crippen MR) is 112 cm³/mol. The first kappa shape index (κ1) is 33.4. The average molecular weight is 414 g/mol. The van der Waals surface area contributed by atoms with Gasteiger partial charge in [0.2, 0.25) is 0 Å². The van der Waals surface area contributed by atoms with Crippen LogP contribution in [0.3, 0.4) is 0 Å². The van der Waals surface area contributed by atoms with E-state index >= 15 is 0 Å². The topological polar surface area (TPSA) is 116 Å². The molecule has 0 saturated heterocycles. The number of carbonyl (C=O) groups is 4. The van der Waals surface area contributed by atoms with Crippen molar-refractivity contribution in [2.45, 2.75) is 40.5 Å². The number of esters is 3. The van der Waals surface area contributed by atoms with Crippen LogP contribution in [0.15, 0.2) is 49.6 Å². The summed E-state index contributed by atoms with van der Waals surface area (Å²) in [6.07, 6.45) is 4.29. The van der Waals surface area contributed by atoms with E-state index in [-0.39, 0.29) is 23.5 Å². The highest BCUT2D eigenvalue weighted by Gasteiger charge is 1.95. The standard InChI is InChI=1S/C7H12O2.2C5H8O2.C4H6O2/c1-3-5-6-9-7(8)4-2;1-4(2)5(6)7-3;1-3-5(6)7-4-2;1-3(2)4(5)6/h4H,2-3,5-6H2,1H3;1H2,2-3H3;3H,1,4H2,2H3;1H2,2H3,(H,5,6). The lowest BCUT2D eigenvalue weighted by Gasteiger charge is -1.97. The van der Waals surface area contributed by atoms with E-state index in [0.717, 1.165) is 18.9 Å². The second-order valence-electron chi connectivity index (χ2n) is 5.04. The summed E-state index contributed by atoms with van der Waals surface area (Å²) < 4.78 is 13.4. The molecule has 0 aromatic heterocycles. The van der Waals surface area contributed by atoms with Crippen LogP contribution in [0.2, 0.25) is 0 Å². The Morgan fingerprint density at radius 3 is 1.48 bits per heavy atom. The average Bonchev–Trinajstić information content (AvgIpc) is 2.68. The molecular formula is C21H34O8. The van der Waals surface area contributed by atoms with E-state index in [0.29, 0.717) is 18.8 Å². The molecule has 0 aliphatic rings. The molecule has 0 unspecified atom stereocenters. The molecule has 0 heterocycles. The zero-order chi connectivity index (χ0) is 23.8. The Kier molecular flexibility index (Phi) is 28.6. The summed E-state index contributed by atoms with van der Waals surface area (Å²) in [7, 11) is 1.33. The SMILES string of the molecule is C=C(C)C(=O)O.C=C(C)C(=O)OC.C=CC(=O)OCC.C=CC(=O)OCCCC. The number of unbranched alkanes of at least 4 members (excludes halogenated alkanes) is 1. The molecular weight excluding hydrogens is 380 g/mol. The van der Waals surface area contributed by atoms with Crippen LogP contribution in [-0.4, -0.2) is 49.3 Å². The molecule has 0 aliphatic heterocycles. The Bertz CT molecular complexity index is 533. The molecule has 0 aromatic carbocycles. The van der Waals surface area contributed by atoms with E-state index in [1.807, 2.05) is 6.92 Å². The van der Waals surface area contributed by atoms with Crippen LogP contribution in [0, 0.1) is 0 Å². The van der Waals surface area contributed by atoms with Gasteiger partial charge in [-0.1, -0.05) is 39.7 Å². The molecule has 0 aromatic rings. The molecule has 8 nitrogen and oxygen atoms in total. The minimum Gasteiger partial charge on any atom is -0.478 e. The molecule has 1 N–H and O–H groups in total. The normalized spacial score (nSPS) is 7.90. The zero-order valence-electron chi connectivity index (χ0n) is 18.1. The van der Waals surface area contributed by atoms with Crippen molar-refractivity contribution in [3.8, 4) is 0 Å². The van der Waals surface area contributed by atoms with Crippen LogP contribution in [0.1, 0.15) is 40.5 Å². The second kappa shape index (κ2) is 24.8. The van der Waals surface area contributed by atoms with Gasteiger partial charge in [0.15, 0.2) is 0 Å². The number of methoxy groups -OCH3 is 1. The fourth-order valence-corrected chi connectivity index (χ4v) is 0.751. The van der Waals surface area contributed by atoms with Gasteiger partial charge in [0.1, 0.15) is 0 Å². The van der Waals surface area contributed by atoms with Gasteiger partial charge in [-0.05, 0) is 27.2 Å². The maximum Gasteiger partial charge on any atom is 0.332 e. The summed E-state index contributed by atoms with van der Waals surface area (Å²) in [5.74, 6) is -1.97. The minimum absolute atomic E-state index is 0.176. The van der Waals surface area contributed by atoms with Gasteiger partial charge in [0, 0.05) is 23.3 Å². The van der Waals surface area contributed by atoms with Gasteiger partial charge in [0.05, 0.1) is 20.3 Å². The largest absolute Gasteiger partial charge is 0.478 e. The number of hydrogen-bond donors (Lipinski definition) is 1. The van der Waals surface area contributed by atoms with Crippen molar-refractivity contribution >= 4 is 23.9 Å². The first-order valence-electron chi connectivity index (χ1n) is 8.65. The molecule has 0 amide bonds. The minimum atomic E-state index is -0.935. The molecule has 8 heteroatoms. The maximum absolute atomic E-state index is 10.3. The van der Waals surface area contributed by atoms with Crippen LogP contribution in [0.25, 0.3) is 0 Å².